The van der Waals surface area contributed by atoms with Crippen molar-refractivity contribution in [3.8, 4) is 0 Å². The smallest absolute Gasteiger partial charge is 0.345 e. The van der Waals surface area contributed by atoms with Gasteiger partial charge in [0.2, 0.25) is 0 Å². The zero-order valence-electron chi connectivity index (χ0n) is 7.30. The molecule has 0 aliphatic carbocycles. The zero-order chi connectivity index (χ0) is 11.1. The molecule has 0 bridgehead atoms. The number of aromatic amines is 1. The molecule has 6 heteroatoms. The van der Waals surface area contributed by atoms with Crippen molar-refractivity contribution in [3.05, 3.63) is 30.1 Å². The molecule has 0 aliphatic heterocycles. The molecule has 0 atom stereocenters. The van der Waals surface area contributed by atoms with E-state index in [9.17, 15) is 18.0 Å². The van der Waals surface area contributed by atoms with Crippen molar-refractivity contribution >= 4 is 16.8 Å². The van der Waals surface area contributed by atoms with Crippen LogP contribution in [0.15, 0.2) is 24.5 Å². The third kappa shape index (κ3) is 1.70. The molecule has 1 heterocycles. The number of Topliss-reactive ketones (excluding diaryl/α,β-unsaturated/α-hetero) is 1. The minimum Gasteiger partial charge on any atom is -0.345 e. The minimum atomic E-state index is -4.84. The third-order valence-electron chi connectivity index (χ3n) is 1.94. The van der Waals surface area contributed by atoms with Crippen LogP contribution in [0.3, 0.4) is 0 Å². The van der Waals surface area contributed by atoms with Crippen molar-refractivity contribution in [2.24, 2.45) is 0 Å². The maximum atomic E-state index is 12.1. The highest BCUT2D eigenvalue weighted by Gasteiger charge is 2.39. The summed E-state index contributed by atoms with van der Waals surface area (Å²) in [6.45, 7) is 0. The number of imidazole rings is 1. The lowest BCUT2D eigenvalue weighted by molar-refractivity contribution is -0.0885. The quantitative estimate of drug-likeness (QED) is 0.740. The normalized spacial score (nSPS) is 11.9. The highest BCUT2D eigenvalue weighted by atomic mass is 19.4. The molecule has 0 amide bonds. The Kier molecular flexibility index (Phi) is 1.99. The van der Waals surface area contributed by atoms with E-state index in [0.717, 1.165) is 12.1 Å². The Morgan fingerprint density at radius 2 is 2.07 bits per heavy atom. The molecule has 2 rings (SSSR count). The number of ketones is 1. The first-order valence-corrected chi connectivity index (χ1v) is 4.03. The summed E-state index contributed by atoms with van der Waals surface area (Å²) in [7, 11) is 0. The van der Waals surface area contributed by atoms with Crippen LogP contribution < -0.4 is 0 Å². The number of benzene rings is 1. The van der Waals surface area contributed by atoms with Gasteiger partial charge in [0.25, 0.3) is 5.78 Å². The number of H-pyrrole nitrogens is 1. The number of fused-ring (bicyclic) bond motifs is 1. The van der Waals surface area contributed by atoms with Gasteiger partial charge in [-0.15, -0.1) is 0 Å². The molecule has 3 nitrogen and oxygen atoms in total. The first-order valence-electron chi connectivity index (χ1n) is 4.03. The topological polar surface area (TPSA) is 45.8 Å². The van der Waals surface area contributed by atoms with E-state index >= 15 is 0 Å². The second-order valence-electron chi connectivity index (χ2n) is 2.96. The summed E-state index contributed by atoms with van der Waals surface area (Å²) in [4.78, 5) is 17.3. The fraction of sp³-hybridized carbons (Fsp3) is 0.111. The van der Waals surface area contributed by atoms with Gasteiger partial charge in [-0.05, 0) is 18.2 Å². The van der Waals surface area contributed by atoms with Crippen LogP contribution in [0.1, 0.15) is 10.4 Å². The van der Waals surface area contributed by atoms with E-state index in [1.807, 2.05) is 0 Å². The number of hydrogen-bond acceptors (Lipinski definition) is 2. The number of hydrogen-bond donors (Lipinski definition) is 1. The molecule has 2 aromatic rings. The van der Waals surface area contributed by atoms with E-state index in [1.54, 1.807) is 0 Å². The van der Waals surface area contributed by atoms with Crippen LogP contribution in [0.2, 0.25) is 0 Å². The zero-order valence-corrected chi connectivity index (χ0v) is 7.30. The number of alkyl halides is 3. The summed E-state index contributed by atoms with van der Waals surface area (Å²) in [5.41, 5.74) is 0.540. The van der Waals surface area contributed by atoms with E-state index in [2.05, 4.69) is 9.97 Å². The van der Waals surface area contributed by atoms with Crippen LogP contribution in [0.25, 0.3) is 11.0 Å². The highest BCUT2D eigenvalue weighted by molar-refractivity contribution is 6.02. The molecule has 0 saturated carbocycles. The van der Waals surface area contributed by atoms with Gasteiger partial charge in [0.1, 0.15) is 0 Å². The number of nitrogens with zero attached hydrogens (tertiary/aromatic N) is 1. The van der Waals surface area contributed by atoms with Crippen molar-refractivity contribution < 1.29 is 18.0 Å². The molecular formula is C9H5F3N2O. The molecule has 0 fully saturated rings. The summed E-state index contributed by atoms with van der Waals surface area (Å²) in [6, 6.07) is 3.61. The van der Waals surface area contributed by atoms with Crippen LogP contribution in [0.5, 0.6) is 0 Å². The van der Waals surface area contributed by atoms with E-state index in [1.165, 1.54) is 12.4 Å². The number of rotatable bonds is 1. The fourth-order valence-electron chi connectivity index (χ4n) is 1.24. The second-order valence-corrected chi connectivity index (χ2v) is 2.96. The molecule has 1 aromatic carbocycles. The predicted octanol–water partition coefficient (Wildman–Crippen LogP) is 2.31. The first-order chi connectivity index (χ1) is 6.98. The number of halogens is 3. The van der Waals surface area contributed by atoms with Gasteiger partial charge >= 0.3 is 6.18 Å². The lowest BCUT2D eigenvalue weighted by Crippen LogP contribution is -2.22. The average molecular weight is 214 g/mol. The highest BCUT2D eigenvalue weighted by Crippen LogP contribution is 2.22. The van der Waals surface area contributed by atoms with Gasteiger partial charge in [-0.1, -0.05) is 0 Å². The van der Waals surface area contributed by atoms with Crippen LogP contribution in [0.4, 0.5) is 13.2 Å². The summed E-state index contributed by atoms with van der Waals surface area (Å²) in [5.74, 6) is -1.85. The van der Waals surface area contributed by atoms with Gasteiger partial charge in [0.15, 0.2) is 0 Å². The molecular weight excluding hydrogens is 209 g/mol. The Morgan fingerprint density at radius 1 is 1.33 bits per heavy atom. The lowest BCUT2D eigenvalue weighted by atomic mass is 10.1. The van der Waals surface area contributed by atoms with E-state index < -0.39 is 12.0 Å². The average Bonchev–Trinajstić information content (AvgIpc) is 2.61. The van der Waals surface area contributed by atoms with Gasteiger partial charge in [-0.3, -0.25) is 4.79 Å². The summed E-state index contributed by atoms with van der Waals surface area (Å²) >= 11 is 0. The number of carbonyl (C=O) groups excluding carboxylic acids is 1. The van der Waals surface area contributed by atoms with E-state index in [-0.39, 0.29) is 5.56 Å². The molecule has 0 unspecified atom stereocenters. The maximum Gasteiger partial charge on any atom is 0.454 e. The van der Waals surface area contributed by atoms with Crippen molar-refractivity contribution in [3.63, 3.8) is 0 Å². The van der Waals surface area contributed by atoms with Crippen LogP contribution in [-0.4, -0.2) is 21.9 Å². The SMILES string of the molecule is O=C(c1ccc2nc[nH]c2c1)C(F)(F)F. The van der Waals surface area contributed by atoms with Gasteiger partial charge in [0, 0.05) is 5.56 Å². The largest absolute Gasteiger partial charge is 0.454 e. The monoisotopic (exact) mass is 214 g/mol. The Bertz CT molecular complexity index is 515. The Hall–Kier alpha value is -1.85. The standard InChI is InChI=1S/C9H5F3N2O/c10-9(11,12)8(15)5-1-2-6-7(3-5)14-4-13-6/h1-4H,(H,13,14). The van der Waals surface area contributed by atoms with E-state index in [0.29, 0.717) is 11.0 Å². The van der Waals surface area contributed by atoms with Crippen molar-refractivity contribution in [2.75, 3.05) is 0 Å². The minimum absolute atomic E-state index is 0.390. The maximum absolute atomic E-state index is 12.1. The Morgan fingerprint density at radius 3 is 2.73 bits per heavy atom. The summed E-state index contributed by atoms with van der Waals surface area (Å²) in [6.07, 6.45) is -3.49. The number of carbonyl (C=O) groups is 1. The third-order valence-corrected chi connectivity index (χ3v) is 1.94. The van der Waals surface area contributed by atoms with Crippen molar-refractivity contribution in [1.29, 1.82) is 0 Å². The van der Waals surface area contributed by atoms with Gasteiger partial charge in [0.05, 0.1) is 17.4 Å². The number of aromatic nitrogens is 2. The fourth-order valence-corrected chi connectivity index (χ4v) is 1.24. The Labute approximate surface area is 81.9 Å². The molecule has 0 spiro atoms. The summed E-state index contributed by atoms with van der Waals surface area (Å²) < 4.78 is 36.3. The lowest BCUT2D eigenvalue weighted by Gasteiger charge is -2.04. The van der Waals surface area contributed by atoms with Crippen LogP contribution in [0, 0.1) is 0 Å². The Balaban J connectivity index is 2.49. The molecule has 1 N–H and O–H groups in total. The van der Waals surface area contributed by atoms with Crippen LogP contribution >= 0.6 is 0 Å². The first kappa shape index (κ1) is 9.70. The molecule has 0 aliphatic rings. The van der Waals surface area contributed by atoms with Crippen molar-refractivity contribution in [1.82, 2.24) is 9.97 Å². The van der Waals surface area contributed by atoms with Gasteiger partial charge in [-0.25, -0.2) is 4.98 Å². The second kappa shape index (κ2) is 3.08. The molecule has 78 valence electrons. The van der Waals surface area contributed by atoms with Gasteiger partial charge in [-0.2, -0.15) is 13.2 Å². The van der Waals surface area contributed by atoms with Crippen LogP contribution in [-0.2, 0) is 0 Å². The molecule has 0 radical (unpaired) electrons. The predicted molar refractivity (Wildman–Crippen MR) is 46.5 cm³/mol. The summed E-state index contributed by atoms with van der Waals surface area (Å²) in [5, 5.41) is 0. The molecule has 0 saturated heterocycles. The molecule has 1 aromatic heterocycles. The van der Waals surface area contributed by atoms with Gasteiger partial charge < -0.3 is 4.98 Å². The van der Waals surface area contributed by atoms with E-state index in [4.69, 9.17) is 0 Å². The van der Waals surface area contributed by atoms with Crippen molar-refractivity contribution in [2.45, 2.75) is 6.18 Å². The number of nitrogens with one attached hydrogen (secondary N) is 1. The molecule has 15 heavy (non-hydrogen) atoms.